The van der Waals surface area contributed by atoms with E-state index >= 15 is 0 Å². The van der Waals surface area contributed by atoms with Gasteiger partial charge in [0.2, 0.25) is 5.91 Å². The molecule has 1 aromatic carbocycles. The second kappa shape index (κ2) is 7.89. The fourth-order valence-electron chi connectivity index (χ4n) is 4.05. The third-order valence-electron chi connectivity index (χ3n) is 5.51. The van der Waals surface area contributed by atoms with E-state index in [1.165, 1.54) is 6.42 Å². The number of hydrogen-bond acceptors (Lipinski definition) is 3. The maximum Gasteiger partial charge on any atom is 0.246 e. The molecule has 2 aromatic heterocycles. The molecule has 3 aromatic rings. The molecule has 1 aliphatic heterocycles. The first-order chi connectivity index (χ1) is 13.7. The normalized spacial score (nSPS) is 17.5. The van der Waals surface area contributed by atoms with Gasteiger partial charge < -0.3 is 10.6 Å². The zero-order chi connectivity index (χ0) is 19.5. The van der Waals surface area contributed by atoms with Crippen LogP contribution in [0.25, 0.3) is 22.9 Å². The van der Waals surface area contributed by atoms with Crippen LogP contribution in [0.4, 0.5) is 5.69 Å². The van der Waals surface area contributed by atoms with Crippen LogP contribution in [0, 0.1) is 0 Å². The third-order valence-corrected chi connectivity index (χ3v) is 5.51. The van der Waals surface area contributed by atoms with E-state index in [2.05, 4.69) is 6.92 Å². The lowest BCUT2D eigenvalue weighted by atomic mass is 9.99. The smallest absolute Gasteiger partial charge is 0.246 e. The third kappa shape index (κ3) is 3.52. The van der Waals surface area contributed by atoms with Crippen LogP contribution in [0.15, 0.2) is 54.7 Å². The van der Waals surface area contributed by atoms with Crippen molar-refractivity contribution in [3.8, 4) is 11.3 Å². The number of carbonyl (C=O) groups excluding carboxylic acids is 1. The average molecular weight is 374 g/mol. The SMILES string of the molecule is CCC1CCCCN1C(=O)/C=C/c1c(-c2cccc(N)c2)nn2ccccc12. The van der Waals surface area contributed by atoms with Crippen molar-refractivity contribution < 1.29 is 4.79 Å². The van der Waals surface area contributed by atoms with Gasteiger partial charge in [0.1, 0.15) is 5.69 Å². The first kappa shape index (κ1) is 18.3. The molecule has 1 unspecified atom stereocenters. The molecule has 4 rings (SSSR count). The summed E-state index contributed by atoms with van der Waals surface area (Å²) < 4.78 is 1.85. The lowest BCUT2D eigenvalue weighted by molar-refractivity contribution is -0.129. The highest BCUT2D eigenvalue weighted by molar-refractivity contribution is 5.95. The minimum atomic E-state index is 0.0837. The van der Waals surface area contributed by atoms with Crippen molar-refractivity contribution in [2.75, 3.05) is 12.3 Å². The largest absolute Gasteiger partial charge is 0.399 e. The van der Waals surface area contributed by atoms with Crippen LogP contribution >= 0.6 is 0 Å². The molecular weight excluding hydrogens is 348 g/mol. The molecule has 1 aliphatic rings. The fraction of sp³-hybridized carbons (Fsp3) is 0.304. The van der Waals surface area contributed by atoms with Gasteiger partial charge >= 0.3 is 0 Å². The molecule has 1 fully saturated rings. The number of likely N-dealkylation sites (tertiary alicyclic amines) is 1. The van der Waals surface area contributed by atoms with Crippen LogP contribution < -0.4 is 5.73 Å². The van der Waals surface area contributed by atoms with Gasteiger partial charge in [0, 0.05) is 41.7 Å². The summed E-state index contributed by atoms with van der Waals surface area (Å²) in [7, 11) is 0. The van der Waals surface area contributed by atoms with E-state index in [4.69, 9.17) is 10.8 Å². The number of nitrogens with zero attached hydrogens (tertiary/aromatic N) is 3. The Kier molecular flexibility index (Phi) is 5.15. The van der Waals surface area contributed by atoms with E-state index in [9.17, 15) is 4.79 Å². The van der Waals surface area contributed by atoms with Crippen molar-refractivity contribution in [3.05, 3.63) is 60.3 Å². The highest BCUT2D eigenvalue weighted by Gasteiger charge is 2.24. The van der Waals surface area contributed by atoms with Crippen LogP contribution in [0.2, 0.25) is 0 Å². The van der Waals surface area contributed by atoms with Gasteiger partial charge in [0.25, 0.3) is 0 Å². The average Bonchev–Trinajstić information content (AvgIpc) is 3.10. The number of nitrogens with two attached hydrogens (primary N) is 1. The number of nitrogen functional groups attached to an aromatic ring is 1. The van der Waals surface area contributed by atoms with Crippen molar-refractivity contribution in [1.29, 1.82) is 0 Å². The summed E-state index contributed by atoms with van der Waals surface area (Å²) in [6.45, 7) is 3.00. The Labute approximate surface area is 165 Å². The number of rotatable bonds is 4. The summed E-state index contributed by atoms with van der Waals surface area (Å²) in [5.74, 6) is 0.0837. The van der Waals surface area contributed by atoms with E-state index in [-0.39, 0.29) is 5.91 Å². The highest BCUT2D eigenvalue weighted by Crippen LogP contribution is 2.29. The van der Waals surface area contributed by atoms with E-state index in [1.54, 1.807) is 6.08 Å². The molecule has 0 bridgehead atoms. The van der Waals surface area contributed by atoms with E-state index in [0.717, 1.165) is 48.1 Å². The molecule has 144 valence electrons. The first-order valence-corrected chi connectivity index (χ1v) is 9.99. The molecule has 0 radical (unpaired) electrons. The van der Waals surface area contributed by atoms with Crippen LogP contribution in [0.1, 0.15) is 38.2 Å². The Morgan fingerprint density at radius 1 is 1.25 bits per heavy atom. The Morgan fingerprint density at radius 3 is 2.96 bits per heavy atom. The fourth-order valence-corrected chi connectivity index (χ4v) is 4.05. The topological polar surface area (TPSA) is 63.6 Å². The maximum absolute atomic E-state index is 12.9. The number of hydrogen-bond donors (Lipinski definition) is 1. The molecule has 1 amide bonds. The number of carbonyl (C=O) groups is 1. The second-order valence-electron chi connectivity index (χ2n) is 7.34. The quantitative estimate of drug-likeness (QED) is 0.544. The number of aromatic nitrogens is 2. The standard InChI is InChI=1S/C23H26N4O/c1-2-19-10-3-5-14-26(19)22(28)13-12-20-21-11-4-6-15-27(21)25-23(20)17-8-7-9-18(24)16-17/h4,6-9,11-13,15-16,19H,2-3,5,10,14,24H2,1H3/b13-12+. The van der Waals surface area contributed by atoms with Crippen LogP contribution in [0.5, 0.6) is 0 Å². The van der Waals surface area contributed by atoms with Crippen molar-refractivity contribution in [3.63, 3.8) is 0 Å². The van der Waals surface area contributed by atoms with Crippen molar-refractivity contribution in [2.24, 2.45) is 0 Å². The summed E-state index contributed by atoms with van der Waals surface area (Å²) in [4.78, 5) is 14.9. The second-order valence-corrected chi connectivity index (χ2v) is 7.34. The monoisotopic (exact) mass is 374 g/mol. The molecule has 3 heterocycles. The number of amides is 1. The lowest BCUT2D eigenvalue weighted by Gasteiger charge is -2.34. The van der Waals surface area contributed by atoms with Crippen LogP contribution in [-0.2, 0) is 4.79 Å². The van der Waals surface area contributed by atoms with Gasteiger partial charge in [-0.2, -0.15) is 5.10 Å². The molecule has 1 saturated heterocycles. The molecule has 1 atom stereocenters. The van der Waals surface area contributed by atoms with E-state index in [0.29, 0.717) is 11.7 Å². The Hall–Kier alpha value is -3.08. The number of piperidine rings is 1. The van der Waals surface area contributed by atoms with Gasteiger partial charge in [-0.05, 0) is 56.0 Å². The molecule has 5 heteroatoms. The van der Waals surface area contributed by atoms with Crippen molar-refractivity contribution in [2.45, 2.75) is 38.6 Å². The first-order valence-electron chi connectivity index (χ1n) is 9.99. The number of anilines is 1. The van der Waals surface area contributed by atoms with Crippen LogP contribution in [-0.4, -0.2) is 33.0 Å². The number of pyridine rings is 1. The lowest BCUT2D eigenvalue weighted by Crippen LogP contribution is -2.42. The summed E-state index contributed by atoms with van der Waals surface area (Å²) in [5, 5.41) is 4.73. The summed E-state index contributed by atoms with van der Waals surface area (Å²) in [6, 6.07) is 14.0. The Morgan fingerprint density at radius 2 is 2.14 bits per heavy atom. The Balaban J connectivity index is 1.72. The van der Waals surface area contributed by atoms with Crippen molar-refractivity contribution in [1.82, 2.24) is 14.5 Å². The van der Waals surface area contributed by atoms with Gasteiger partial charge in [0.15, 0.2) is 0 Å². The Bertz CT molecular complexity index is 1020. The minimum absolute atomic E-state index is 0.0837. The van der Waals surface area contributed by atoms with Gasteiger partial charge in [0.05, 0.1) is 5.52 Å². The van der Waals surface area contributed by atoms with Gasteiger partial charge in [-0.15, -0.1) is 0 Å². The van der Waals surface area contributed by atoms with Gasteiger partial charge in [-0.25, -0.2) is 4.52 Å². The van der Waals surface area contributed by atoms with E-state index in [1.807, 2.05) is 64.2 Å². The molecule has 28 heavy (non-hydrogen) atoms. The zero-order valence-corrected chi connectivity index (χ0v) is 16.2. The molecule has 2 N–H and O–H groups in total. The highest BCUT2D eigenvalue weighted by atomic mass is 16.2. The molecule has 0 spiro atoms. The van der Waals surface area contributed by atoms with E-state index < -0.39 is 0 Å². The van der Waals surface area contributed by atoms with Gasteiger partial charge in [-0.3, -0.25) is 4.79 Å². The summed E-state index contributed by atoms with van der Waals surface area (Å²) in [6.07, 6.45) is 9.92. The number of fused-ring (bicyclic) bond motifs is 1. The number of benzene rings is 1. The predicted octanol–water partition coefficient (Wildman–Crippen LogP) is 4.39. The summed E-state index contributed by atoms with van der Waals surface area (Å²) in [5.41, 5.74) is 10.3. The predicted molar refractivity (Wildman–Crippen MR) is 114 cm³/mol. The summed E-state index contributed by atoms with van der Waals surface area (Å²) >= 11 is 0. The van der Waals surface area contributed by atoms with Crippen molar-refractivity contribution >= 4 is 23.2 Å². The molecule has 5 nitrogen and oxygen atoms in total. The molecular formula is C23H26N4O. The van der Waals surface area contributed by atoms with Gasteiger partial charge in [-0.1, -0.05) is 25.1 Å². The zero-order valence-electron chi connectivity index (χ0n) is 16.2. The minimum Gasteiger partial charge on any atom is -0.399 e. The maximum atomic E-state index is 12.9. The molecule has 0 aliphatic carbocycles. The molecule has 0 saturated carbocycles. The van der Waals surface area contributed by atoms with Crippen LogP contribution in [0.3, 0.4) is 0 Å².